The van der Waals surface area contributed by atoms with Crippen molar-refractivity contribution in [1.29, 1.82) is 0 Å². The van der Waals surface area contributed by atoms with Crippen molar-refractivity contribution < 1.29 is 9.84 Å². The van der Waals surface area contributed by atoms with Crippen LogP contribution < -0.4 is 4.74 Å². The Hall–Kier alpha value is -1.02. The second-order valence-electron chi connectivity index (χ2n) is 7.88. The van der Waals surface area contributed by atoms with Crippen molar-refractivity contribution in [2.75, 3.05) is 7.11 Å². The summed E-state index contributed by atoms with van der Waals surface area (Å²) in [6, 6.07) is 7.95. The second-order valence-corrected chi connectivity index (χ2v) is 7.88. The lowest BCUT2D eigenvalue weighted by atomic mass is 9.48. The molecule has 2 heteroatoms. The molecule has 114 valence electrons. The summed E-state index contributed by atoms with van der Waals surface area (Å²) in [5, 5.41) is 10.8. The van der Waals surface area contributed by atoms with Gasteiger partial charge in [-0.2, -0.15) is 0 Å². The van der Waals surface area contributed by atoms with E-state index in [1.54, 1.807) is 7.11 Å². The lowest BCUT2D eigenvalue weighted by molar-refractivity contribution is -0.0766. The monoisotopic (exact) mass is 286 g/mol. The van der Waals surface area contributed by atoms with E-state index in [0.29, 0.717) is 5.41 Å². The van der Waals surface area contributed by atoms with Crippen molar-refractivity contribution >= 4 is 0 Å². The molecule has 21 heavy (non-hydrogen) atoms. The van der Waals surface area contributed by atoms with E-state index in [1.807, 2.05) is 24.3 Å². The molecule has 0 amide bonds. The van der Waals surface area contributed by atoms with Gasteiger partial charge in [0.15, 0.2) is 0 Å². The van der Waals surface area contributed by atoms with E-state index in [4.69, 9.17) is 4.74 Å². The number of aliphatic hydroxyl groups is 1. The third-order valence-corrected chi connectivity index (χ3v) is 6.29. The summed E-state index contributed by atoms with van der Waals surface area (Å²) in [5.74, 6) is 3.66. The highest BCUT2D eigenvalue weighted by atomic mass is 16.5. The van der Waals surface area contributed by atoms with Crippen LogP contribution in [0.5, 0.6) is 5.75 Å². The zero-order valence-electron chi connectivity index (χ0n) is 12.9. The molecule has 2 nitrogen and oxygen atoms in total. The molecule has 0 radical (unpaired) electrons. The maximum atomic E-state index is 10.8. The zero-order chi connectivity index (χ0) is 14.4. The third-order valence-electron chi connectivity index (χ3n) is 6.29. The molecular formula is C19H26O2. The third kappa shape index (κ3) is 2.38. The van der Waals surface area contributed by atoms with Crippen LogP contribution in [-0.2, 0) is 0 Å². The summed E-state index contributed by atoms with van der Waals surface area (Å²) >= 11 is 0. The van der Waals surface area contributed by atoms with Gasteiger partial charge in [0.1, 0.15) is 5.75 Å². The fourth-order valence-corrected chi connectivity index (χ4v) is 6.00. The molecule has 1 N–H and O–H groups in total. The van der Waals surface area contributed by atoms with Crippen molar-refractivity contribution in [3.8, 4) is 5.75 Å². The van der Waals surface area contributed by atoms with Crippen LogP contribution in [0.3, 0.4) is 0 Å². The summed E-state index contributed by atoms with van der Waals surface area (Å²) < 4.78 is 5.43. The Bertz CT molecular complexity index is 487. The van der Waals surface area contributed by atoms with Crippen molar-refractivity contribution in [3.63, 3.8) is 0 Å². The van der Waals surface area contributed by atoms with Gasteiger partial charge in [-0.25, -0.2) is 0 Å². The van der Waals surface area contributed by atoms with Gasteiger partial charge < -0.3 is 9.84 Å². The minimum absolute atomic E-state index is 0.377. The maximum absolute atomic E-state index is 10.8. The average Bonchev–Trinajstić information content (AvgIpc) is 2.45. The minimum Gasteiger partial charge on any atom is -0.496 e. The first-order chi connectivity index (χ1) is 10.2. The first-order valence-electron chi connectivity index (χ1n) is 8.48. The van der Waals surface area contributed by atoms with E-state index in [9.17, 15) is 5.11 Å². The Labute approximate surface area is 127 Å². The molecule has 0 saturated heterocycles. The average molecular weight is 286 g/mol. The number of methoxy groups -OCH3 is 1. The fourth-order valence-electron chi connectivity index (χ4n) is 6.00. The molecule has 4 bridgehead atoms. The fraction of sp³-hybridized carbons (Fsp3) is 0.684. The number of aliphatic hydroxyl groups excluding tert-OH is 1. The van der Waals surface area contributed by atoms with E-state index >= 15 is 0 Å². The molecule has 1 aromatic rings. The molecule has 0 spiro atoms. The minimum atomic E-state index is -0.377. The Balaban J connectivity index is 1.55. The van der Waals surface area contributed by atoms with Gasteiger partial charge in [-0.15, -0.1) is 0 Å². The van der Waals surface area contributed by atoms with E-state index < -0.39 is 0 Å². The molecule has 4 saturated carbocycles. The van der Waals surface area contributed by atoms with Gasteiger partial charge in [0.05, 0.1) is 13.2 Å². The highest BCUT2D eigenvalue weighted by molar-refractivity contribution is 5.35. The number of benzene rings is 1. The van der Waals surface area contributed by atoms with E-state index in [1.165, 1.54) is 38.5 Å². The summed E-state index contributed by atoms with van der Waals surface area (Å²) in [7, 11) is 1.69. The predicted molar refractivity (Wildman–Crippen MR) is 83.2 cm³/mol. The van der Waals surface area contributed by atoms with Crippen LogP contribution in [0.4, 0.5) is 0 Å². The zero-order valence-corrected chi connectivity index (χ0v) is 12.9. The summed E-state index contributed by atoms with van der Waals surface area (Å²) in [4.78, 5) is 0. The van der Waals surface area contributed by atoms with Crippen molar-refractivity contribution in [2.45, 2.75) is 51.0 Å². The number of rotatable bonds is 4. The van der Waals surface area contributed by atoms with Gasteiger partial charge in [-0.05, 0) is 74.2 Å². The lowest BCUT2D eigenvalue weighted by Gasteiger charge is -2.57. The quantitative estimate of drug-likeness (QED) is 0.892. The van der Waals surface area contributed by atoms with E-state index in [2.05, 4.69) is 0 Å². The van der Waals surface area contributed by atoms with Crippen LogP contribution in [-0.4, -0.2) is 12.2 Å². The molecule has 5 rings (SSSR count). The molecule has 4 aliphatic carbocycles. The van der Waals surface area contributed by atoms with Gasteiger partial charge in [0.25, 0.3) is 0 Å². The van der Waals surface area contributed by atoms with Gasteiger partial charge in [-0.1, -0.05) is 18.2 Å². The van der Waals surface area contributed by atoms with Crippen LogP contribution in [0.25, 0.3) is 0 Å². The number of hydrogen-bond donors (Lipinski definition) is 1. The normalized spacial score (nSPS) is 38.5. The summed E-state index contributed by atoms with van der Waals surface area (Å²) in [6.07, 6.45) is 8.99. The summed E-state index contributed by atoms with van der Waals surface area (Å²) in [6.45, 7) is 0. The van der Waals surface area contributed by atoms with Gasteiger partial charge >= 0.3 is 0 Å². The molecule has 0 aliphatic heterocycles. The molecule has 0 heterocycles. The first-order valence-corrected chi connectivity index (χ1v) is 8.48. The SMILES string of the molecule is COc1ccccc1C(O)CC12CC3CC(CC(C3)C1)C2. The Morgan fingerprint density at radius 1 is 1.10 bits per heavy atom. The molecule has 1 aromatic carbocycles. The smallest absolute Gasteiger partial charge is 0.124 e. The van der Waals surface area contributed by atoms with Crippen LogP contribution in [0.1, 0.15) is 56.6 Å². The van der Waals surface area contributed by atoms with Crippen molar-refractivity contribution in [2.24, 2.45) is 23.2 Å². The Morgan fingerprint density at radius 2 is 1.67 bits per heavy atom. The summed E-state index contributed by atoms with van der Waals surface area (Å²) in [5.41, 5.74) is 1.38. The first kappa shape index (κ1) is 13.6. The molecule has 4 aliphatic rings. The number of hydrogen-bond acceptors (Lipinski definition) is 2. The van der Waals surface area contributed by atoms with Gasteiger partial charge in [0.2, 0.25) is 0 Å². The Kier molecular flexibility index (Phi) is 3.25. The highest BCUT2D eigenvalue weighted by Crippen LogP contribution is 2.62. The van der Waals surface area contributed by atoms with Crippen LogP contribution in [0.2, 0.25) is 0 Å². The molecule has 1 unspecified atom stereocenters. The largest absolute Gasteiger partial charge is 0.496 e. The van der Waals surface area contributed by atoms with Crippen molar-refractivity contribution in [3.05, 3.63) is 29.8 Å². The topological polar surface area (TPSA) is 29.5 Å². The number of ether oxygens (including phenoxy) is 1. The van der Waals surface area contributed by atoms with Crippen LogP contribution >= 0.6 is 0 Å². The Morgan fingerprint density at radius 3 is 2.24 bits per heavy atom. The lowest BCUT2D eigenvalue weighted by Crippen LogP contribution is -2.46. The van der Waals surface area contributed by atoms with Gasteiger partial charge in [0, 0.05) is 5.56 Å². The van der Waals surface area contributed by atoms with Crippen LogP contribution in [0.15, 0.2) is 24.3 Å². The molecule has 0 aromatic heterocycles. The van der Waals surface area contributed by atoms with E-state index in [-0.39, 0.29) is 6.10 Å². The second kappa shape index (κ2) is 5.01. The predicted octanol–water partition coefficient (Wildman–Crippen LogP) is 4.34. The molecular weight excluding hydrogens is 260 g/mol. The van der Waals surface area contributed by atoms with Crippen molar-refractivity contribution in [1.82, 2.24) is 0 Å². The van der Waals surface area contributed by atoms with Gasteiger partial charge in [-0.3, -0.25) is 0 Å². The maximum Gasteiger partial charge on any atom is 0.124 e. The molecule has 1 atom stereocenters. The van der Waals surface area contributed by atoms with E-state index in [0.717, 1.165) is 35.5 Å². The molecule has 4 fully saturated rings. The highest BCUT2D eigenvalue weighted by Gasteiger charge is 2.51. The van der Waals surface area contributed by atoms with Crippen LogP contribution in [0, 0.1) is 23.2 Å². The standard InChI is InChI=1S/C19H26O2/c1-21-18-5-3-2-4-16(18)17(20)12-19-9-13-6-14(10-19)8-15(7-13)11-19/h2-5,13-15,17,20H,6-12H2,1H3. The number of para-hydroxylation sites is 1.